The molecule has 0 N–H and O–H groups in total. The molecule has 25 heavy (non-hydrogen) atoms. The topological polar surface area (TPSA) is 54.5 Å². The van der Waals surface area contributed by atoms with E-state index in [4.69, 9.17) is 11.6 Å². The lowest BCUT2D eigenvalue weighted by Gasteiger charge is -2.27. The Labute approximate surface area is 148 Å². The van der Waals surface area contributed by atoms with Gasteiger partial charge in [-0.05, 0) is 46.8 Å². The first-order valence-electron chi connectivity index (χ1n) is 7.73. The second-order valence-corrected chi connectivity index (χ2v) is 6.22. The summed E-state index contributed by atoms with van der Waals surface area (Å²) in [6.07, 6.45) is 0. The van der Waals surface area contributed by atoms with Crippen LogP contribution in [0, 0.1) is 0 Å². The molecule has 0 aliphatic carbocycles. The van der Waals surface area contributed by atoms with Crippen molar-refractivity contribution >= 4 is 39.4 Å². The number of hydrogen-bond acceptors (Lipinski definition) is 3. The molecule has 0 atom stereocenters. The van der Waals surface area contributed by atoms with Crippen molar-refractivity contribution in [2.24, 2.45) is 0 Å². The number of hydrogen-bond donors (Lipinski definition) is 0. The maximum Gasteiger partial charge on any atom is 0.261 e. The third-order valence-electron chi connectivity index (χ3n) is 4.38. The predicted octanol–water partition coefficient (Wildman–Crippen LogP) is 4.02. The van der Waals surface area contributed by atoms with E-state index in [9.17, 15) is 14.4 Å². The van der Waals surface area contributed by atoms with Gasteiger partial charge in [-0.25, -0.2) is 0 Å². The molecule has 5 heteroatoms. The van der Waals surface area contributed by atoms with E-state index in [2.05, 4.69) is 0 Å². The first-order chi connectivity index (χ1) is 12.1. The van der Waals surface area contributed by atoms with Crippen molar-refractivity contribution in [1.29, 1.82) is 0 Å². The Hall–Kier alpha value is -2.98. The van der Waals surface area contributed by atoms with Crippen LogP contribution in [0.2, 0.25) is 0 Å². The van der Waals surface area contributed by atoms with E-state index < -0.39 is 5.24 Å². The third kappa shape index (κ3) is 2.51. The van der Waals surface area contributed by atoms with E-state index in [-0.39, 0.29) is 18.4 Å². The zero-order valence-corrected chi connectivity index (χ0v) is 13.8. The van der Waals surface area contributed by atoms with Gasteiger partial charge in [0.2, 0.25) is 0 Å². The van der Waals surface area contributed by atoms with E-state index >= 15 is 0 Å². The Kier molecular flexibility index (Phi) is 3.62. The van der Waals surface area contributed by atoms with Crippen molar-refractivity contribution in [2.75, 3.05) is 0 Å². The Balaban J connectivity index is 1.74. The summed E-state index contributed by atoms with van der Waals surface area (Å²) in [5.74, 6) is -0.626. The second-order valence-electron chi connectivity index (χ2n) is 5.88. The van der Waals surface area contributed by atoms with Gasteiger partial charge in [-0.1, -0.05) is 36.4 Å². The molecule has 0 aromatic heterocycles. The summed E-state index contributed by atoms with van der Waals surface area (Å²) in [6, 6.07) is 17.4. The smallest absolute Gasteiger partial charge is 0.261 e. The number of carbonyl (C=O) groups is 3. The van der Waals surface area contributed by atoms with Crippen LogP contribution in [-0.2, 0) is 6.54 Å². The van der Waals surface area contributed by atoms with Gasteiger partial charge in [0.25, 0.3) is 17.1 Å². The van der Waals surface area contributed by atoms with Crippen molar-refractivity contribution < 1.29 is 14.4 Å². The Morgan fingerprint density at radius 2 is 1.40 bits per heavy atom. The molecule has 0 radical (unpaired) electrons. The third-order valence-corrected chi connectivity index (χ3v) is 4.60. The van der Waals surface area contributed by atoms with Gasteiger partial charge in [0.05, 0.1) is 6.54 Å². The predicted molar refractivity (Wildman–Crippen MR) is 94.8 cm³/mol. The molecule has 1 heterocycles. The summed E-state index contributed by atoms with van der Waals surface area (Å²) in [4.78, 5) is 38.0. The average Bonchev–Trinajstić information content (AvgIpc) is 2.63. The van der Waals surface area contributed by atoms with Crippen molar-refractivity contribution in [3.63, 3.8) is 0 Å². The van der Waals surface area contributed by atoms with Crippen LogP contribution in [0.15, 0.2) is 60.7 Å². The largest absolute Gasteiger partial charge is 0.276 e. The van der Waals surface area contributed by atoms with Gasteiger partial charge in [0.1, 0.15) is 0 Å². The van der Waals surface area contributed by atoms with Gasteiger partial charge >= 0.3 is 0 Å². The summed E-state index contributed by atoms with van der Waals surface area (Å²) in [6.45, 7) is 0.138. The zero-order chi connectivity index (χ0) is 17.6. The van der Waals surface area contributed by atoms with E-state index in [0.29, 0.717) is 22.1 Å². The number of rotatable bonds is 3. The molecule has 1 aliphatic heterocycles. The molecule has 3 aromatic rings. The van der Waals surface area contributed by atoms with Crippen molar-refractivity contribution in [3.8, 4) is 0 Å². The molecule has 4 rings (SSSR count). The normalized spacial score (nSPS) is 13.4. The SMILES string of the molecule is O=C(Cl)c1ccc(CN2C(=O)c3cccc4cccc(c34)C2=O)cc1. The summed E-state index contributed by atoms with van der Waals surface area (Å²) in [7, 11) is 0. The minimum absolute atomic E-state index is 0.138. The van der Waals surface area contributed by atoms with Crippen LogP contribution in [0.25, 0.3) is 10.8 Å². The molecule has 0 unspecified atom stereocenters. The lowest BCUT2D eigenvalue weighted by Crippen LogP contribution is -2.39. The van der Waals surface area contributed by atoms with Crippen LogP contribution in [0.5, 0.6) is 0 Å². The fraction of sp³-hybridized carbons (Fsp3) is 0.0500. The molecule has 1 aliphatic rings. The van der Waals surface area contributed by atoms with Crippen LogP contribution >= 0.6 is 11.6 Å². The highest BCUT2D eigenvalue weighted by atomic mass is 35.5. The van der Waals surface area contributed by atoms with Gasteiger partial charge < -0.3 is 0 Å². The molecule has 4 nitrogen and oxygen atoms in total. The van der Waals surface area contributed by atoms with Crippen LogP contribution in [-0.4, -0.2) is 22.0 Å². The van der Waals surface area contributed by atoms with Gasteiger partial charge in [-0.3, -0.25) is 19.3 Å². The summed E-state index contributed by atoms with van der Waals surface area (Å²) < 4.78 is 0. The van der Waals surface area contributed by atoms with Crippen LogP contribution in [0.1, 0.15) is 36.6 Å². The highest BCUT2D eigenvalue weighted by Gasteiger charge is 2.32. The molecule has 0 saturated heterocycles. The second kappa shape index (κ2) is 5.83. The highest BCUT2D eigenvalue weighted by Crippen LogP contribution is 2.30. The molecule has 0 saturated carbocycles. The van der Waals surface area contributed by atoms with Crippen LogP contribution in [0.4, 0.5) is 0 Å². The standard InChI is InChI=1S/C20H12ClNO3/c21-18(23)14-9-7-12(8-10-14)11-22-19(24)15-5-1-3-13-4-2-6-16(17(13)15)20(22)25/h1-10H,11H2. The molecule has 3 aromatic carbocycles. The maximum atomic E-state index is 12.8. The first-order valence-corrected chi connectivity index (χ1v) is 8.11. The molecule has 0 spiro atoms. The first kappa shape index (κ1) is 15.5. The molecular formula is C20H12ClNO3. The van der Waals surface area contributed by atoms with Gasteiger partial charge in [0, 0.05) is 22.1 Å². The van der Waals surface area contributed by atoms with Gasteiger partial charge in [0.15, 0.2) is 0 Å². The zero-order valence-electron chi connectivity index (χ0n) is 13.0. The van der Waals surface area contributed by atoms with Crippen molar-refractivity contribution in [2.45, 2.75) is 6.54 Å². The fourth-order valence-electron chi connectivity index (χ4n) is 3.15. The molecule has 122 valence electrons. The summed E-state index contributed by atoms with van der Waals surface area (Å²) in [5.41, 5.74) is 2.17. The number of nitrogens with zero attached hydrogens (tertiary/aromatic N) is 1. The number of imide groups is 1. The van der Waals surface area contributed by atoms with E-state index in [1.165, 1.54) is 4.90 Å². The monoisotopic (exact) mass is 349 g/mol. The summed E-state index contributed by atoms with van der Waals surface area (Å²) in [5, 5.41) is 1.04. The van der Waals surface area contributed by atoms with Gasteiger partial charge in [-0.2, -0.15) is 0 Å². The minimum atomic E-state index is -0.544. The van der Waals surface area contributed by atoms with Gasteiger partial charge in [-0.15, -0.1) is 0 Å². The lowest BCUT2D eigenvalue weighted by atomic mass is 9.94. The number of carbonyl (C=O) groups excluding carboxylic acids is 3. The molecule has 2 amide bonds. The molecular weight excluding hydrogens is 338 g/mol. The minimum Gasteiger partial charge on any atom is -0.276 e. The number of amides is 2. The number of halogens is 1. The van der Waals surface area contributed by atoms with E-state index in [0.717, 1.165) is 10.9 Å². The van der Waals surface area contributed by atoms with Crippen molar-refractivity contribution in [3.05, 3.63) is 82.9 Å². The Bertz CT molecular complexity index is 990. The Morgan fingerprint density at radius 3 is 1.92 bits per heavy atom. The highest BCUT2D eigenvalue weighted by molar-refractivity contribution is 6.67. The number of benzene rings is 3. The maximum absolute atomic E-state index is 12.8. The summed E-state index contributed by atoms with van der Waals surface area (Å²) >= 11 is 5.44. The lowest BCUT2D eigenvalue weighted by molar-refractivity contribution is 0.0598. The van der Waals surface area contributed by atoms with Crippen LogP contribution in [0.3, 0.4) is 0 Å². The quantitative estimate of drug-likeness (QED) is 0.530. The average molecular weight is 350 g/mol. The van der Waals surface area contributed by atoms with Crippen LogP contribution < -0.4 is 0 Å². The van der Waals surface area contributed by atoms with E-state index in [1.807, 2.05) is 24.3 Å². The molecule has 0 fully saturated rings. The van der Waals surface area contributed by atoms with E-state index in [1.54, 1.807) is 36.4 Å². The fourth-order valence-corrected chi connectivity index (χ4v) is 3.27. The molecule has 0 bridgehead atoms. The Morgan fingerprint density at radius 1 is 0.840 bits per heavy atom. The van der Waals surface area contributed by atoms with Crippen molar-refractivity contribution in [1.82, 2.24) is 4.90 Å².